The average Bonchev–Trinajstić information content (AvgIpc) is 2.66. The summed E-state index contributed by atoms with van der Waals surface area (Å²) in [4.78, 5) is 35.4. The third-order valence-electron chi connectivity index (χ3n) is 4.00. The largest absolute Gasteiger partial charge is 0.456 e. The third-order valence-corrected chi connectivity index (χ3v) is 4.00. The Balaban J connectivity index is 1.94. The predicted molar refractivity (Wildman–Crippen MR) is 98.6 cm³/mol. The van der Waals surface area contributed by atoms with Gasteiger partial charge < -0.3 is 4.74 Å². The minimum Gasteiger partial charge on any atom is -0.456 e. The highest BCUT2D eigenvalue weighted by molar-refractivity contribution is 6.02. The molecule has 0 fully saturated rings. The van der Waals surface area contributed by atoms with Gasteiger partial charge in [-0.3, -0.25) is 14.9 Å². The fourth-order valence-corrected chi connectivity index (χ4v) is 2.68. The molecular formula is C19H17N3O5. The van der Waals surface area contributed by atoms with Crippen LogP contribution in [0.3, 0.4) is 0 Å². The van der Waals surface area contributed by atoms with Crippen molar-refractivity contribution in [3.63, 3.8) is 0 Å². The lowest BCUT2D eigenvalue weighted by Gasteiger charge is -2.13. The topological polar surface area (TPSA) is 104 Å². The summed E-state index contributed by atoms with van der Waals surface area (Å²) in [7, 11) is 0. The summed E-state index contributed by atoms with van der Waals surface area (Å²) in [5.41, 5.74) is 0.152. The van der Waals surface area contributed by atoms with E-state index in [0.29, 0.717) is 16.3 Å². The molecule has 0 aliphatic carbocycles. The van der Waals surface area contributed by atoms with E-state index in [9.17, 15) is 19.7 Å². The number of nitro groups is 1. The number of ether oxygens (including phenoxy) is 1. The van der Waals surface area contributed by atoms with Gasteiger partial charge >= 0.3 is 5.97 Å². The number of fused-ring (bicyclic) bond motifs is 1. The number of esters is 1. The second kappa shape index (κ2) is 7.36. The molecule has 138 valence electrons. The maximum Gasteiger partial charge on any atom is 0.359 e. The third kappa shape index (κ3) is 3.69. The van der Waals surface area contributed by atoms with Gasteiger partial charge in [0, 0.05) is 17.5 Å². The van der Waals surface area contributed by atoms with Crippen LogP contribution in [0.2, 0.25) is 0 Å². The average molecular weight is 367 g/mol. The van der Waals surface area contributed by atoms with Crippen LogP contribution in [0.1, 0.15) is 35.9 Å². The van der Waals surface area contributed by atoms with Crippen molar-refractivity contribution in [2.75, 3.05) is 0 Å². The molecule has 3 aromatic rings. The Morgan fingerprint density at radius 1 is 1.19 bits per heavy atom. The van der Waals surface area contributed by atoms with Gasteiger partial charge in [-0.05, 0) is 25.5 Å². The summed E-state index contributed by atoms with van der Waals surface area (Å²) in [6, 6.07) is 12.3. The minimum absolute atomic E-state index is 0.0318. The lowest BCUT2D eigenvalue weighted by molar-refractivity contribution is -0.384. The number of aromatic nitrogens is 2. The van der Waals surface area contributed by atoms with Crippen molar-refractivity contribution in [3.05, 3.63) is 80.3 Å². The Morgan fingerprint density at radius 3 is 2.56 bits per heavy atom. The molecule has 0 bridgehead atoms. The lowest BCUT2D eigenvalue weighted by Crippen LogP contribution is -2.27. The van der Waals surface area contributed by atoms with E-state index in [4.69, 9.17) is 4.74 Å². The number of nitro benzene ring substituents is 1. The van der Waals surface area contributed by atoms with Crippen molar-refractivity contribution >= 4 is 22.4 Å². The number of nitrogens with zero attached hydrogens (tertiary/aromatic N) is 3. The maximum atomic E-state index is 12.6. The van der Waals surface area contributed by atoms with Crippen molar-refractivity contribution in [2.45, 2.75) is 26.5 Å². The van der Waals surface area contributed by atoms with Crippen LogP contribution in [0, 0.1) is 10.1 Å². The quantitative estimate of drug-likeness (QED) is 0.389. The Kier molecular flexibility index (Phi) is 4.98. The maximum absolute atomic E-state index is 12.6. The zero-order chi connectivity index (χ0) is 19.6. The Labute approximate surface area is 154 Å². The van der Waals surface area contributed by atoms with Crippen LogP contribution in [0.5, 0.6) is 0 Å². The molecule has 0 N–H and O–H groups in total. The highest BCUT2D eigenvalue weighted by Crippen LogP contribution is 2.18. The van der Waals surface area contributed by atoms with Gasteiger partial charge in [0.15, 0.2) is 5.69 Å². The van der Waals surface area contributed by atoms with Crippen molar-refractivity contribution < 1.29 is 14.5 Å². The minimum atomic E-state index is -0.702. The molecule has 0 unspecified atom stereocenters. The molecule has 0 atom stereocenters. The second-order valence-electron chi connectivity index (χ2n) is 6.24. The van der Waals surface area contributed by atoms with Gasteiger partial charge in [0.1, 0.15) is 6.61 Å². The summed E-state index contributed by atoms with van der Waals surface area (Å²) < 4.78 is 6.53. The Bertz CT molecular complexity index is 1090. The molecule has 0 saturated carbocycles. The van der Waals surface area contributed by atoms with Crippen molar-refractivity contribution in [1.29, 1.82) is 0 Å². The molecule has 0 spiro atoms. The van der Waals surface area contributed by atoms with Gasteiger partial charge in [-0.1, -0.05) is 30.3 Å². The summed E-state index contributed by atoms with van der Waals surface area (Å²) >= 11 is 0. The van der Waals surface area contributed by atoms with E-state index in [1.54, 1.807) is 44.2 Å². The Hall–Kier alpha value is -3.55. The van der Waals surface area contributed by atoms with E-state index in [1.165, 1.54) is 22.9 Å². The van der Waals surface area contributed by atoms with Crippen LogP contribution in [0.25, 0.3) is 10.8 Å². The van der Waals surface area contributed by atoms with Crippen LogP contribution in [0.4, 0.5) is 5.69 Å². The van der Waals surface area contributed by atoms with E-state index in [-0.39, 0.29) is 29.6 Å². The Morgan fingerprint density at radius 2 is 1.89 bits per heavy atom. The van der Waals surface area contributed by atoms with Gasteiger partial charge in [-0.15, -0.1) is 0 Å². The van der Waals surface area contributed by atoms with Crippen LogP contribution in [-0.4, -0.2) is 20.7 Å². The smallest absolute Gasteiger partial charge is 0.359 e. The van der Waals surface area contributed by atoms with E-state index in [0.717, 1.165) is 0 Å². The summed E-state index contributed by atoms with van der Waals surface area (Å²) in [6.07, 6.45) is 0. The monoisotopic (exact) mass is 367 g/mol. The number of benzene rings is 2. The molecule has 8 nitrogen and oxygen atoms in total. The van der Waals surface area contributed by atoms with Gasteiger partial charge in [-0.2, -0.15) is 5.10 Å². The van der Waals surface area contributed by atoms with Crippen LogP contribution < -0.4 is 5.56 Å². The number of carbonyl (C=O) groups is 1. The molecule has 8 heteroatoms. The lowest BCUT2D eigenvalue weighted by atomic mass is 10.1. The zero-order valence-electron chi connectivity index (χ0n) is 14.8. The molecule has 0 aliphatic heterocycles. The number of carbonyl (C=O) groups excluding carboxylic acids is 1. The molecule has 0 aliphatic rings. The molecule has 27 heavy (non-hydrogen) atoms. The first kappa shape index (κ1) is 18.2. The number of rotatable bonds is 5. The SMILES string of the molecule is CC(C)n1nc(C(=O)OCc2cccc([N+](=O)[O-])c2)c2ccccc2c1=O. The van der Waals surface area contributed by atoms with Crippen molar-refractivity contribution in [1.82, 2.24) is 9.78 Å². The van der Waals surface area contributed by atoms with Gasteiger partial charge in [0.05, 0.1) is 16.4 Å². The number of hydrogen-bond acceptors (Lipinski definition) is 6. The van der Waals surface area contributed by atoms with E-state index in [2.05, 4.69) is 5.10 Å². The second-order valence-corrected chi connectivity index (χ2v) is 6.24. The molecule has 0 saturated heterocycles. The fourth-order valence-electron chi connectivity index (χ4n) is 2.68. The van der Waals surface area contributed by atoms with Gasteiger partial charge in [0.25, 0.3) is 11.2 Å². The molecular weight excluding hydrogens is 350 g/mol. The summed E-state index contributed by atoms with van der Waals surface area (Å²) in [5, 5.41) is 15.8. The summed E-state index contributed by atoms with van der Waals surface area (Å²) in [5.74, 6) is -0.702. The highest BCUT2D eigenvalue weighted by atomic mass is 16.6. The summed E-state index contributed by atoms with van der Waals surface area (Å²) in [6.45, 7) is 3.44. The van der Waals surface area contributed by atoms with Crippen molar-refractivity contribution in [3.8, 4) is 0 Å². The molecule has 2 aromatic carbocycles. The molecule has 1 aromatic heterocycles. The molecule has 1 heterocycles. The first-order valence-electron chi connectivity index (χ1n) is 8.30. The van der Waals surface area contributed by atoms with Gasteiger partial charge in [0.2, 0.25) is 0 Å². The van der Waals surface area contributed by atoms with Crippen LogP contribution in [0.15, 0.2) is 53.3 Å². The number of hydrogen-bond donors (Lipinski definition) is 0. The van der Waals surface area contributed by atoms with E-state index >= 15 is 0 Å². The number of non-ortho nitro benzene ring substituents is 1. The predicted octanol–water partition coefficient (Wildman–Crippen LogP) is 3.24. The van der Waals surface area contributed by atoms with Gasteiger partial charge in [-0.25, -0.2) is 9.48 Å². The molecule has 0 amide bonds. The van der Waals surface area contributed by atoms with Crippen molar-refractivity contribution in [2.24, 2.45) is 0 Å². The molecule has 3 rings (SSSR count). The first-order valence-corrected chi connectivity index (χ1v) is 8.30. The first-order chi connectivity index (χ1) is 12.9. The van der Waals surface area contributed by atoms with Crippen LogP contribution in [-0.2, 0) is 11.3 Å². The normalized spacial score (nSPS) is 10.9. The highest BCUT2D eigenvalue weighted by Gasteiger charge is 2.19. The fraction of sp³-hybridized carbons (Fsp3) is 0.211. The van der Waals surface area contributed by atoms with E-state index < -0.39 is 10.9 Å². The standard InChI is InChI=1S/C19H17N3O5/c1-12(2)21-18(23)16-9-4-3-8-15(16)17(20-21)19(24)27-11-13-6-5-7-14(10-13)22(25)26/h3-10,12H,11H2,1-2H3. The molecule has 0 radical (unpaired) electrons. The van der Waals surface area contributed by atoms with Crippen LogP contribution >= 0.6 is 0 Å². The van der Waals surface area contributed by atoms with E-state index in [1.807, 2.05) is 0 Å². The zero-order valence-corrected chi connectivity index (χ0v) is 14.8.